The normalized spacial score (nSPS) is 22.1. The van der Waals surface area contributed by atoms with Gasteiger partial charge in [0.2, 0.25) is 5.95 Å². The Hall–Kier alpha value is -1.03. The summed E-state index contributed by atoms with van der Waals surface area (Å²) in [7, 11) is 1.71. The van der Waals surface area contributed by atoms with Crippen molar-refractivity contribution in [1.29, 1.82) is 0 Å². The Labute approximate surface area is 97.0 Å². The third-order valence-electron chi connectivity index (χ3n) is 3.24. The van der Waals surface area contributed by atoms with Crippen LogP contribution in [-0.4, -0.2) is 29.8 Å². The molecule has 4 heteroatoms. The van der Waals surface area contributed by atoms with Crippen LogP contribution in [0.2, 0.25) is 0 Å². The first-order chi connectivity index (χ1) is 7.54. The van der Waals surface area contributed by atoms with E-state index in [0.717, 1.165) is 18.2 Å². The number of imidazole rings is 1. The third-order valence-corrected chi connectivity index (χ3v) is 3.24. The highest BCUT2D eigenvalue weighted by Crippen LogP contribution is 2.56. The fourth-order valence-corrected chi connectivity index (χ4v) is 2.06. The zero-order chi connectivity index (χ0) is 11.8. The summed E-state index contributed by atoms with van der Waals surface area (Å²) in [5.74, 6) is 0.977. The highest BCUT2D eigenvalue weighted by Gasteiger charge is 2.47. The zero-order valence-corrected chi connectivity index (χ0v) is 10.6. The van der Waals surface area contributed by atoms with E-state index in [1.807, 2.05) is 6.92 Å². The van der Waals surface area contributed by atoms with Crippen LogP contribution in [-0.2, 0) is 4.74 Å². The van der Waals surface area contributed by atoms with E-state index in [1.54, 1.807) is 7.11 Å². The molecule has 0 aliphatic heterocycles. The van der Waals surface area contributed by atoms with E-state index in [2.05, 4.69) is 34.9 Å². The Morgan fingerprint density at radius 2 is 2.31 bits per heavy atom. The lowest BCUT2D eigenvalue weighted by Crippen LogP contribution is -2.12. The van der Waals surface area contributed by atoms with Crippen LogP contribution in [0, 0.1) is 12.3 Å². The summed E-state index contributed by atoms with van der Waals surface area (Å²) in [4.78, 5) is 4.51. The van der Waals surface area contributed by atoms with Crippen LogP contribution in [0.15, 0.2) is 6.20 Å². The quantitative estimate of drug-likeness (QED) is 0.778. The van der Waals surface area contributed by atoms with Crippen molar-refractivity contribution in [3.05, 3.63) is 11.9 Å². The van der Waals surface area contributed by atoms with Gasteiger partial charge in [0.1, 0.15) is 0 Å². The Morgan fingerprint density at radius 3 is 2.88 bits per heavy atom. The molecule has 1 fully saturated rings. The molecule has 0 aromatic carbocycles. The average molecular weight is 223 g/mol. The van der Waals surface area contributed by atoms with Gasteiger partial charge in [-0.15, -0.1) is 0 Å². The molecule has 1 aromatic heterocycles. The molecule has 0 saturated heterocycles. The molecule has 0 amide bonds. The SMILES string of the molecule is COCCNc1nc(C)cn1C1CC1(C)C. The first-order valence-electron chi connectivity index (χ1n) is 5.83. The second kappa shape index (κ2) is 4.09. The largest absolute Gasteiger partial charge is 0.383 e. The molecule has 0 spiro atoms. The Balaban J connectivity index is 2.06. The van der Waals surface area contributed by atoms with Gasteiger partial charge in [-0.2, -0.15) is 0 Å². The van der Waals surface area contributed by atoms with E-state index < -0.39 is 0 Å². The van der Waals surface area contributed by atoms with Crippen molar-refractivity contribution in [1.82, 2.24) is 9.55 Å². The number of aryl methyl sites for hydroxylation is 1. The van der Waals surface area contributed by atoms with E-state index in [9.17, 15) is 0 Å². The molecule has 16 heavy (non-hydrogen) atoms. The van der Waals surface area contributed by atoms with Crippen LogP contribution >= 0.6 is 0 Å². The molecule has 1 heterocycles. The molecule has 1 saturated carbocycles. The zero-order valence-electron chi connectivity index (χ0n) is 10.6. The highest BCUT2D eigenvalue weighted by molar-refractivity contribution is 5.31. The van der Waals surface area contributed by atoms with E-state index in [-0.39, 0.29) is 0 Å². The fraction of sp³-hybridized carbons (Fsp3) is 0.750. The van der Waals surface area contributed by atoms with Crippen molar-refractivity contribution < 1.29 is 4.74 Å². The van der Waals surface area contributed by atoms with E-state index >= 15 is 0 Å². The Bertz CT molecular complexity index is 370. The molecule has 1 aromatic rings. The van der Waals surface area contributed by atoms with Gasteiger partial charge in [-0.3, -0.25) is 0 Å². The average Bonchev–Trinajstić information content (AvgIpc) is 2.67. The minimum Gasteiger partial charge on any atom is -0.383 e. The van der Waals surface area contributed by atoms with E-state index in [4.69, 9.17) is 4.74 Å². The lowest BCUT2D eigenvalue weighted by atomic mass is 10.2. The lowest BCUT2D eigenvalue weighted by molar-refractivity contribution is 0.210. The number of rotatable bonds is 5. The van der Waals surface area contributed by atoms with Gasteiger partial charge in [-0.05, 0) is 18.8 Å². The second-order valence-electron chi connectivity index (χ2n) is 5.24. The van der Waals surface area contributed by atoms with E-state index in [1.165, 1.54) is 6.42 Å². The summed E-state index contributed by atoms with van der Waals surface area (Å²) in [5.41, 5.74) is 1.49. The maximum absolute atomic E-state index is 5.03. The van der Waals surface area contributed by atoms with Gasteiger partial charge in [-0.25, -0.2) is 4.98 Å². The standard InChI is InChI=1S/C12H21N3O/c1-9-8-15(10-7-12(10,2)3)11(14-9)13-5-6-16-4/h8,10H,5-7H2,1-4H3,(H,13,14). The smallest absolute Gasteiger partial charge is 0.203 e. The third kappa shape index (κ3) is 2.21. The molecule has 1 atom stereocenters. The van der Waals surface area contributed by atoms with Gasteiger partial charge in [-0.1, -0.05) is 13.8 Å². The fourth-order valence-electron chi connectivity index (χ4n) is 2.06. The molecule has 1 N–H and O–H groups in total. The van der Waals surface area contributed by atoms with Gasteiger partial charge in [0.25, 0.3) is 0 Å². The van der Waals surface area contributed by atoms with Crippen molar-refractivity contribution >= 4 is 5.95 Å². The molecular formula is C12H21N3O. The molecule has 0 radical (unpaired) electrons. The molecule has 4 nitrogen and oxygen atoms in total. The minimum atomic E-state index is 0.421. The number of ether oxygens (including phenoxy) is 1. The highest BCUT2D eigenvalue weighted by atomic mass is 16.5. The van der Waals surface area contributed by atoms with Crippen molar-refractivity contribution in [2.24, 2.45) is 5.41 Å². The molecule has 1 unspecified atom stereocenters. The van der Waals surface area contributed by atoms with Crippen LogP contribution in [0.25, 0.3) is 0 Å². The summed E-state index contributed by atoms with van der Waals surface area (Å²) in [6.45, 7) is 8.14. The number of aromatic nitrogens is 2. The summed E-state index contributed by atoms with van der Waals surface area (Å²) in [6, 6.07) is 0.596. The Kier molecular flexibility index (Phi) is 2.93. The first-order valence-corrected chi connectivity index (χ1v) is 5.83. The number of anilines is 1. The van der Waals surface area contributed by atoms with Crippen LogP contribution in [0.3, 0.4) is 0 Å². The van der Waals surface area contributed by atoms with Crippen molar-refractivity contribution in [3.8, 4) is 0 Å². The Morgan fingerprint density at radius 1 is 1.62 bits per heavy atom. The molecule has 2 rings (SSSR count). The lowest BCUT2D eigenvalue weighted by Gasteiger charge is -2.10. The van der Waals surface area contributed by atoms with E-state index in [0.29, 0.717) is 18.1 Å². The van der Waals surface area contributed by atoms with Crippen molar-refractivity contribution in [3.63, 3.8) is 0 Å². The molecule has 1 aliphatic carbocycles. The second-order valence-corrected chi connectivity index (χ2v) is 5.24. The van der Waals surface area contributed by atoms with Crippen molar-refractivity contribution in [2.45, 2.75) is 33.2 Å². The predicted octanol–water partition coefficient (Wildman–Crippen LogP) is 2.22. The summed E-state index contributed by atoms with van der Waals surface area (Å²) < 4.78 is 7.30. The number of nitrogens with one attached hydrogen (secondary N) is 1. The number of methoxy groups -OCH3 is 1. The summed E-state index contributed by atoms with van der Waals surface area (Å²) in [5, 5.41) is 3.32. The van der Waals surface area contributed by atoms with Crippen LogP contribution in [0.5, 0.6) is 0 Å². The number of hydrogen-bond donors (Lipinski definition) is 1. The van der Waals surface area contributed by atoms with Gasteiger partial charge in [0.05, 0.1) is 12.3 Å². The number of hydrogen-bond acceptors (Lipinski definition) is 3. The molecule has 90 valence electrons. The minimum absolute atomic E-state index is 0.421. The van der Waals surface area contributed by atoms with Gasteiger partial charge in [0.15, 0.2) is 0 Å². The molecule has 1 aliphatic rings. The summed E-state index contributed by atoms with van der Waals surface area (Å²) >= 11 is 0. The maximum atomic E-state index is 5.03. The number of nitrogens with zero attached hydrogens (tertiary/aromatic N) is 2. The molecule has 0 bridgehead atoms. The first kappa shape index (κ1) is 11.5. The van der Waals surface area contributed by atoms with Crippen LogP contribution in [0.1, 0.15) is 32.0 Å². The predicted molar refractivity (Wildman–Crippen MR) is 64.8 cm³/mol. The molecular weight excluding hydrogens is 202 g/mol. The summed E-state index contributed by atoms with van der Waals surface area (Å²) in [6.07, 6.45) is 3.37. The van der Waals surface area contributed by atoms with Crippen molar-refractivity contribution in [2.75, 3.05) is 25.6 Å². The maximum Gasteiger partial charge on any atom is 0.203 e. The monoisotopic (exact) mass is 223 g/mol. The topological polar surface area (TPSA) is 39.1 Å². The van der Waals surface area contributed by atoms with Gasteiger partial charge < -0.3 is 14.6 Å². The van der Waals surface area contributed by atoms with Crippen LogP contribution < -0.4 is 5.32 Å². The van der Waals surface area contributed by atoms with Gasteiger partial charge >= 0.3 is 0 Å². The van der Waals surface area contributed by atoms with Crippen LogP contribution in [0.4, 0.5) is 5.95 Å². The van der Waals surface area contributed by atoms with Gasteiger partial charge in [0, 0.05) is 25.9 Å².